The van der Waals surface area contributed by atoms with Crippen LogP contribution in [0.5, 0.6) is 0 Å². The molecule has 7 saturated heterocycles. The number of hydrogen-bond donors (Lipinski definition) is 18. The number of aldehydes is 1. The topological polar surface area (TPSA) is 571 Å². The van der Waals surface area contributed by atoms with E-state index in [1.54, 1.807) is 6.92 Å². The van der Waals surface area contributed by atoms with Gasteiger partial charge in [-0.2, -0.15) is 0 Å². The van der Waals surface area contributed by atoms with Gasteiger partial charge in [-0.25, -0.2) is 4.79 Å². The minimum Gasteiger partial charge on any atom is -0.479 e. The maximum Gasteiger partial charge on any atom is 0.335 e. The highest BCUT2D eigenvalue weighted by Crippen LogP contribution is 2.76. The van der Waals surface area contributed by atoms with Gasteiger partial charge < -0.3 is 168 Å². The third-order valence-electron chi connectivity index (χ3n) is 27.1. The number of allylic oxidation sites excluding steroid dienone is 2. The molecule has 0 aromatic rings. The molecule has 7 aliphatic heterocycles. The SMILES string of the molecule is CC(=O)OCC1OC(OC2C(O)C(OC3C(OC(=O)C45CCC(C)(C)CC4C4=CCC6C7(C)CCC(OC8OC(C(=O)O)C(O)C(OC9OCC(O)C(O)C9O)C8OC8OC(CO)C(O)C(O)C8O)C(C)(C=O)C7CCC6(C)C4(C)CC5)OC(C)C(O)C3O)OC(C)C2OC2OCC(O)C(O)C2O)C(O)C(O)C1O. The Hall–Kier alpha value is -3.38. The number of carboxylic acid groups (broad SMARTS) is 1. The van der Waals surface area contributed by atoms with Crippen LogP contribution in [0.3, 0.4) is 0 Å². The lowest BCUT2D eigenvalue weighted by Gasteiger charge is -2.71. The van der Waals surface area contributed by atoms with Gasteiger partial charge in [-0.05, 0) is 117 Å². The van der Waals surface area contributed by atoms with Gasteiger partial charge in [0.1, 0.15) is 147 Å². The van der Waals surface area contributed by atoms with Crippen LogP contribution in [0, 0.1) is 50.2 Å². The molecule has 0 aromatic heterocycles. The minimum absolute atomic E-state index is 0.128. The second kappa shape index (κ2) is 32.3. The van der Waals surface area contributed by atoms with E-state index in [0.29, 0.717) is 57.8 Å². The van der Waals surface area contributed by atoms with E-state index < -0.39 is 292 Å². The molecule has 0 radical (unpaired) electrons. The summed E-state index contributed by atoms with van der Waals surface area (Å²) in [7, 11) is 0. The van der Waals surface area contributed by atoms with Crippen molar-refractivity contribution in [1.82, 2.24) is 0 Å². The van der Waals surface area contributed by atoms with E-state index in [4.69, 9.17) is 71.1 Å². The molecule has 109 heavy (non-hydrogen) atoms. The lowest BCUT2D eigenvalue weighted by atomic mass is 9.33. The number of esters is 2. The molecule has 37 nitrogen and oxygen atoms in total. The standard InChI is InChI=1S/C72H112O37/c1-26-38(78)45(85)56(107-63-51(91)54(52(27(2)99-63)103-59-46(86)39(79)31(76)22-96-59)105-62-49(89)44(84)42(82)34(101-62)24-95-28(3)75)64(98-26)109-66(94)72-18-16-67(4,5)20-30(72)29-10-11-36-68(6)14-13-37(69(7,25-74)35(68)12-15-71(36,9)70(29,8)17-19-72)102-65-57(108-61-48(88)43(83)41(81)33(21-73)100-61)53(50(90)55(106-65)58(92)93)104-60-47(87)40(80)32(77)23-97-60/h10,25-27,30-57,59-65,73,76-91H,11-24H2,1-9H3,(H,92,93). The summed E-state index contributed by atoms with van der Waals surface area (Å²) in [6, 6.07) is 0. The average molecular weight is 1570 g/mol. The maximum absolute atomic E-state index is 15.9. The minimum atomic E-state index is -2.22. The van der Waals surface area contributed by atoms with Gasteiger partial charge in [-0.3, -0.25) is 9.59 Å². The van der Waals surface area contributed by atoms with E-state index in [1.165, 1.54) is 13.8 Å². The largest absolute Gasteiger partial charge is 0.479 e. The molecule has 12 rings (SSSR count). The molecule has 5 aliphatic carbocycles. The molecule has 622 valence electrons. The Morgan fingerprint density at radius 3 is 1.63 bits per heavy atom. The summed E-state index contributed by atoms with van der Waals surface area (Å²) in [5.41, 5.74) is -3.69. The lowest BCUT2D eigenvalue weighted by molar-refractivity contribution is -0.394. The van der Waals surface area contributed by atoms with E-state index in [9.17, 15) is 106 Å². The number of ether oxygens (including phenoxy) is 15. The second-order valence-electron chi connectivity index (χ2n) is 34.1. The molecule has 12 aliphatic rings. The van der Waals surface area contributed by atoms with Gasteiger partial charge in [0.2, 0.25) is 6.29 Å². The lowest BCUT2D eigenvalue weighted by Crippen LogP contribution is -2.69. The molecule has 0 amide bonds. The summed E-state index contributed by atoms with van der Waals surface area (Å²) in [5.74, 6) is -4.25. The fourth-order valence-electron chi connectivity index (χ4n) is 20.3. The van der Waals surface area contributed by atoms with Crippen molar-refractivity contribution in [3.8, 4) is 0 Å². The fraction of sp³-hybridized carbons (Fsp3) is 0.917. The Morgan fingerprint density at radius 1 is 0.505 bits per heavy atom. The van der Waals surface area contributed by atoms with Gasteiger partial charge in [0, 0.05) is 6.92 Å². The Bertz CT molecular complexity index is 3220. The number of rotatable bonds is 19. The van der Waals surface area contributed by atoms with Crippen LogP contribution in [-0.4, -0.2) is 351 Å². The van der Waals surface area contributed by atoms with Crippen LogP contribution >= 0.6 is 0 Å². The van der Waals surface area contributed by atoms with E-state index in [1.807, 2.05) is 0 Å². The van der Waals surface area contributed by atoms with E-state index >= 15 is 4.79 Å². The Labute approximate surface area is 628 Å². The highest BCUT2D eigenvalue weighted by molar-refractivity contribution is 5.79. The van der Waals surface area contributed by atoms with Gasteiger partial charge in [-0.1, -0.05) is 53.2 Å². The molecule has 0 spiro atoms. The highest BCUT2D eigenvalue weighted by atomic mass is 16.8. The highest BCUT2D eigenvalue weighted by Gasteiger charge is 2.72. The van der Waals surface area contributed by atoms with Crippen LogP contribution in [0.1, 0.15) is 127 Å². The first-order valence-electron chi connectivity index (χ1n) is 37.8. The van der Waals surface area contributed by atoms with Gasteiger partial charge >= 0.3 is 17.9 Å². The van der Waals surface area contributed by atoms with Gasteiger partial charge in [0.05, 0.1) is 49.0 Å². The number of carbonyl (C=O) groups excluding carboxylic acids is 3. The van der Waals surface area contributed by atoms with Crippen molar-refractivity contribution in [3.63, 3.8) is 0 Å². The molecule has 42 atom stereocenters. The third-order valence-corrected chi connectivity index (χ3v) is 27.1. The molecule has 4 saturated carbocycles. The van der Waals surface area contributed by atoms with Crippen LogP contribution < -0.4 is 0 Å². The number of aliphatic hydroxyl groups excluding tert-OH is 17. The van der Waals surface area contributed by atoms with Crippen LogP contribution in [0.15, 0.2) is 11.6 Å². The third kappa shape index (κ3) is 15.2. The predicted octanol–water partition coefficient (Wildman–Crippen LogP) is -5.39. The maximum atomic E-state index is 15.9. The smallest absolute Gasteiger partial charge is 0.335 e. The number of carboxylic acids is 1. The molecular formula is C72H112O37. The number of aliphatic hydroxyl groups is 17. The average Bonchev–Trinajstić information content (AvgIpc) is 0.673. The normalized spacial score (nSPS) is 53.4. The van der Waals surface area contributed by atoms with Crippen molar-refractivity contribution in [2.45, 2.75) is 335 Å². The first kappa shape index (κ1) is 85.0. The van der Waals surface area contributed by atoms with Gasteiger partial charge in [0.25, 0.3) is 0 Å². The molecule has 0 aromatic carbocycles. The van der Waals surface area contributed by atoms with Crippen LogP contribution in [0.25, 0.3) is 0 Å². The summed E-state index contributed by atoms with van der Waals surface area (Å²) < 4.78 is 90.4. The van der Waals surface area contributed by atoms with Crippen LogP contribution in [-0.2, 0) is 90.2 Å². The zero-order valence-corrected chi connectivity index (χ0v) is 62.2. The molecular weight excluding hydrogens is 1460 g/mol. The second-order valence-corrected chi connectivity index (χ2v) is 34.1. The Kier molecular flexibility index (Phi) is 25.2. The Morgan fingerprint density at radius 2 is 1.04 bits per heavy atom. The van der Waals surface area contributed by atoms with E-state index in [-0.39, 0.29) is 17.8 Å². The van der Waals surface area contributed by atoms with Crippen molar-refractivity contribution in [2.24, 2.45) is 50.2 Å². The Balaban J connectivity index is 0.805. The quantitative estimate of drug-likeness (QED) is 0.0248. The number of carbonyl (C=O) groups is 4. The fourth-order valence-corrected chi connectivity index (χ4v) is 20.3. The van der Waals surface area contributed by atoms with Gasteiger partial charge in [0.15, 0.2) is 49.9 Å². The zero-order chi connectivity index (χ0) is 79.6. The molecule has 37 heteroatoms. The summed E-state index contributed by atoms with van der Waals surface area (Å²) in [4.78, 5) is 55.0. The van der Waals surface area contributed by atoms with Gasteiger partial charge in [-0.15, -0.1) is 0 Å². The monoisotopic (exact) mass is 1570 g/mol. The van der Waals surface area contributed by atoms with Crippen molar-refractivity contribution in [1.29, 1.82) is 0 Å². The summed E-state index contributed by atoms with van der Waals surface area (Å²) in [5, 5.41) is 198. The molecule has 11 fully saturated rings. The molecule has 18 N–H and O–H groups in total. The molecule has 0 bridgehead atoms. The summed E-state index contributed by atoms with van der Waals surface area (Å²) >= 11 is 0. The van der Waals surface area contributed by atoms with Crippen LogP contribution in [0.4, 0.5) is 0 Å². The van der Waals surface area contributed by atoms with Crippen molar-refractivity contribution >= 4 is 24.2 Å². The number of aliphatic carboxylic acids is 1. The van der Waals surface area contributed by atoms with Crippen molar-refractivity contribution < 1.29 is 182 Å². The number of hydrogen-bond acceptors (Lipinski definition) is 36. The predicted molar refractivity (Wildman–Crippen MR) is 356 cm³/mol. The zero-order valence-electron chi connectivity index (χ0n) is 62.2. The summed E-state index contributed by atoms with van der Waals surface area (Å²) in [6.45, 7) is 13.9. The summed E-state index contributed by atoms with van der Waals surface area (Å²) in [6.07, 6.45) is -54.5. The molecule has 7 heterocycles. The van der Waals surface area contributed by atoms with Crippen molar-refractivity contribution in [3.05, 3.63) is 11.6 Å². The number of fused-ring (bicyclic) bond motifs is 7. The molecule has 42 unspecified atom stereocenters. The van der Waals surface area contributed by atoms with E-state index in [2.05, 4.69) is 40.7 Å². The first-order valence-corrected chi connectivity index (χ1v) is 37.8. The first-order chi connectivity index (χ1) is 51.1. The van der Waals surface area contributed by atoms with E-state index in [0.717, 1.165) is 18.8 Å². The van der Waals surface area contributed by atoms with Crippen LogP contribution in [0.2, 0.25) is 0 Å². The van der Waals surface area contributed by atoms with Crippen molar-refractivity contribution in [2.75, 3.05) is 26.4 Å².